The fraction of sp³-hybridized carbons (Fsp3) is 0.714. The van der Waals surface area contributed by atoms with Crippen molar-refractivity contribution in [3.8, 4) is 0 Å². The van der Waals surface area contributed by atoms with Crippen LogP contribution in [0.2, 0.25) is 0 Å². The summed E-state index contributed by atoms with van der Waals surface area (Å²) >= 11 is 1.53. The maximum Gasteiger partial charge on any atom is 0.243 e. The van der Waals surface area contributed by atoms with Crippen LogP contribution in [0.25, 0.3) is 0 Å². The highest BCUT2D eigenvalue weighted by atomic mass is 32.2. The van der Waals surface area contributed by atoms with Gasteiger partial charge in [-0.25, -0.2) is 12.7 Å². The number of thiophene rings is 1. The predicted molar refractivity (Wildman–Crippen MR) is 81.8 cm³/mol. The van der Waals surface area contributed by atoms with E-state index in [9.17, 15) is 8.42 Å². The first-order valence-electron chi connectivity index (χ1n) is 7.06. The molecule has 6 heteroatoms. The first-order chi connectivity index (χ1) is 9.41. The first kappa shape index (κ1) is 15.9. The molecule has 1 unspecified atom stereocenters. The van der Waals surface area contributed by atoms with E-state index in [4.69, 9.17) is 4.74 Å². The maximum atomic E-state index is 12.5. The summed E-state index contributed by atoms with van der Waals surface area (Å²) in [5.41, 5.74) is 0. The zero-order chi connectivity index (χ0) is 14.8. The van der Waals surface area contributed by atoms with Crippen molar-refractivity contribution < 1.29 is 13.2 Å². The van der Waals surface area contributed by atoms with Gasteiger partial charge in [-0.2, -0.15) is 0 Å². The molecule has 20 heavy (non-hydrogen) atoms. The highest BCUT2D eigenvalue weighted by Gasteiger charge is 2.25. The van der Waals surface area contributed by atoms with E-state index in [1.807, 2.05) is 13.8 Å². The maximum absolute atomic E-state index is 12.5. The molecule has 0 bridgehead atoms. The summed E-state index contributed by atoms with van der Waals surface area (Å²) in [6.45, 7) is 5.13. The zero-order valence-electron chi connectivity index (χ0n) is 12.4. The van der Waals surface area contributed by atoms with Crippen molar-refractivity contribution in [3.05, 3.63) is 15.8 Å². The number of hydrogen-bond donors (Lipinski definition) is 0. The normalized spacial score (nSPS) is 20.5. The van der Waals surface area contributed by atoms with E-state index < -0.39 is 10.0 Å². The van der Waals surface area contributed by atoms with Crippen molar-refractivity contribution in [2.24, 2.45) is 0 Å². The van der Waals surface area contributed by atoms with Crippen LogP contribution in [0.3, 0.4) is 0 Å². The number of hydrogen-bond acceptors (Lipinski definition) is 4. The van der Waals surface area contributed by atoms with Gasteiger partial charge in [-0.15, -0.1) is 11.3 Å². The van der Waals surface area contributed by atoms with Crippen LogP contribution in [-0.2, 0) is 14.8 Å². The van der Waals surface area contributed by atoms with Gasteiger partial charge in [0, 0.05) is 30.0 Å². The molecule has 0 radical (unpaired) electrons. The van der Waals surface area contributed by atoms with Gasteiger partial charge in [0.1, 0.15) is 0 Å². The lowest BCUT2D eigenvalue weighted by Gasteiger charge is -2.25. The standard InChI is InChI=1S/C14H23NO3S2/c1-11-10-14(12(2)19-11)20(16,17)15(3)8-7-13-6-4-5-9-18-13/h10,13H,4-9H2,1-3H3. The highest BCUT2D eigenvalue weighted by molar-refractivity contribution is 7.89. The lowest BCUT2D eigenvalue weighted by atomic mass is 10.1. The number of sulfonamides is 1. The van der Waals surface area contributed by atoms with Crippen LogP contribution in [-0.4, -0.2) is 39.0 Å². The Balaban J connectivity index is 2.00. The van der Waals surface area contributed by atoms with Gasteiger partial charge in [0.15, 0.2) is 0 Å². The van der Waals surface area contributed by atoms with Crippen molar-refractivity contribution in [3.63, 3.8) is 0 Å². The Hall–Kier alpha value is -0.430. The Labute approximate surface area is 125 Å². The van der Waals surface area contributed by atoms with E-state index in [2.05, 4.69) is 0 Å². The molecule has 0 spiro atoms. The molecule has 1 aliphatic heterocycles. The summed E-state index contributed by atoms with van der Waals surface area (Å²) in [6.07, 6.45) is 4.34. The first-order valence-corrected chi connectivity index (χ1v) is 9.32. The molecule has 0 amide bonds. The van der Waals surface area contributed by atoms with Crippen molar-refractivity contribution >= 4 is 21.4 Å². The van der Waals surface area contributed by atoms with Gasteiger partial charge in [0.05, 0.1) is 11.0 Å². The van der Waals surface area contributed by atoms with Crippen LogP contribution < -0.4 is 0 Å². The Morgan fingerprint density at radius 2 is 2.15 bits per heavy atom. The molecule has 1 aromatic rings. The van der Waals surface area contributed by atoms with Crippen molar-refractivity contribution in [2.45, 2.75) is 50.5 Å². The van der Waals surface area contributed by atoms with E-state index in [-0.39, 0.29) is 6.10 Å². The van der Waals surface area contributed by atoms with Gasteiger partial charge in [-0.1, -0.05) is 0 Å². The van der Waals surface area contributed by atoms with Crippen LogP contribution >= 0.6 is 11.3 Å². The average Bonchev–Trinajstić information content (AvgIpc) is 2.77. The third-order valence-corrected chi connectivity index (χ3v) is 6.80. The van der Waals surface area contributed by atoms with E-state index in [1.54, 1.807) is 13.1 Å². The number of aryl methyl sites for hydroxylation is 2. The van der Waals surface area contributed by atoms with E-state index in [1.165, 1.54) is 22.1 Å². The molecule has 1 fully saturated rings. The molecule has 1 aromatic heterocycles. The van der Waals surface area contributed by atoms with Crippen LogP contribution in [0, 0.1) is 13.8 Å². The topological polar surface area (TPSA) is 46.6 Å². The fourth-order valence-corrected chi connectivity index (χ4v) is 5.22. The summed E-state index contributed by atoms with van der Waals surface area (Å²) in [7, 11) is -1.70. The predicted octanol–water partition coefficient (Wildman–Crippen LogP) is 2.94. The van der Waals surface area contributed by atoms with Crippen LogP contribution in [0.4, 0.5) is 0 Å². The molecule has 0 saturated carbocycles. The molecule has 0 aromatic carbocycles. The van der Waals surface area contributed by atoms with Crippen molar-refractivity contribution in [1.29, 1.82) is 0 Å². The molecule has 114 valence electrons. The molecule has 2 heterocycles. The average molecular weight is 317 g/mol. The lowest BCUT2D eigenvalue weighted by molar-refractivity contribution is 0.00950. The summed E-state index contributed by atoms with van der Waals surface area (Å²) in [4.78, 5) is 2.35. The van der Waals surface area contributed by atoms with Gasteiger partial charge in [0.25, 0.3) is 0 Å². The Morgan fingerprint density at radius 1 is 1.40 bits per heavy atom. The quantitative estimate of drug-likeness (QED) is 0.839. The minimum atomic E-state index is -3.36. The minimum absolute atomic E-state index is 0.215. The molecule has 0 N–H and O–H groups in total. The monoisotopic (exact) mass is 317 g/mol. The lowest BCUT2D eigenvalue weighted by Crippen LogP contribution is -2.31. The van der Waals surface area contributed by atoms with Crippen molar-refractivity contribution in [2.75, 3.05) is 20.2 Å². The minimum Gasteiger partial charge on any atom is -0.378 e. The largest absolute Gasteiger partial charge is 0.378 e. The van der Waals surface area contributed by atoms with Crippen LogP contribution in [0.5, 0.6) is 0 Å². The summed E-state index contributed by atoms with van der Waals surface area (Å²) < 4.78 is 32.2. The highest BCUT2D eigenvalue weighted by Crippen LogP contribution is 2.27. The Morgan fingerprint density at radius 3 is 2.70 bits per heavy atom. The molecular weight excluding hydrogens is 294 g/mol. The summed E-state index contributed by atoms with van der Waals surface area (Å²) in [6, 6.07) is 1.77. The molecule has 4 nitrogen and oxygen atoms in total. The Bertz CT molecular complexity index is 545. The SMILES string of the molecule is Cc1cc(S(=O)(=O)N(C)CCC2CCCCO2)c(C)s1. The smallest absolute Gasteiger partial charge is 0.243 e. The second kappa shape index (κ2) is 6.56. The molecule has 1 aliphatic rings. The van der Waals surface area contributed by atoms with E-state index in [0.29, 0.717) is 11.4 Å². The number of nitrogens with zero attached hydrogens (tertiary/aromatic N) is 1. The van der Waals surface area contributed by atoms with Gasteiger partial charge in [0.2, 0.25) is 10.0 Å². The zero-order valence-corrected chi connectivity index (χ0v) is 14.0. The summed E-state index contributed by atoms with van der Waals surface area (Å²) in [5.74, 6) is 0. The second-order valence-electron chi connectivity index (χ2n) is 5.38. The fourth-order valence-electron chi connectivity index (χ4n) is 2.51. The molecule has 2 rings (SSSR count). The Kier molecular flexibility index (Phi) is 5.23. The second-order valence-corrected chi connectivity index (χ2v) is 8.86. The number of ether oxygens (including phenoxy) is 1. The summed E-state index contributed by atoms with van der Waals surface area (Å²) in [5, 5.41) is 0. The molecule has 0 aliphatic carbocycles. The third-order valence-electron chi connectivity index (χ3n) is 3.72. The molecule has 1 atom stereocenters. The van der Waals surface area contributed by atoms with Gasteiger partial charge < -0.3 is 4.74 Å². The van der Waals surface area contributed by atoms with Gasteiger partial charge in [-0.05, 0) is 45.6 Å². The van der Waals surface area contributed by atoms with E-state index in [0.717, 1.165) is 35.6 Å². The van der Waals surface area contributed by atoms with Crippen LogP contribution in [0.15, 0.2) is 11.0 Å². The number of rotatable bonds is 5. The van der Waals surface area contributed by atoms with E-state index >= 15 is 0 Å². The third kappa shape index (κ3) is 3.61. The van der Waals surface area contributed by atoms with Crippen LogP contribution in [0.1, 0.15) is 35.4 Å². The van der Waals surface area contributed by atoms with Crippen molar-refractivity contribution in [1.82, 2.24) is 4.31 Å². The van der Waals surface area contributed by atoms with Gasteiger partial charge in [-0.3, -0.25) is 0 Å². The molecule has 1 saturated heterocycles. The van der Waals surface area contributed by atoms with Gasteiger partial charge >= 0.3 is 0 Å². The molecular formula is C14H23NO3S2.